The minimum Gasteiger partial charge on any atom is -0.493 e. The monoisotopic (exact) mass is 417 g/mol. The molecule has 5 rings (SSSR count). The van der Waals surface area contributed by atoms with Crippen LogP contribution in [0.2, 0.25) is 0 Å². The van der Waals surface area contributed by atoms with Crippen molar-refractivity contribution in [1.82, 2.24) is 14.4 Å². The average Bonchev–Trinajstić information content (AvgIpc) is 3.41. The third-order valence-electron chi connectivity index (χ3n) is 5.10. The smallest absolute Gasteiger partial charge is 0.219 e. The Bertz CT molecular complexity index is 1360. The van der Waals surface area contributed by atoms with E-state index < -0.39 is 11.6 Å². The van der Waals surface area contributed by atoms with Gasteiger partial charge in [0.2, 0.25) is 5.88 Å². The van der Waals surface area contributed by atoms with E-state index in [1.807, 2.05) is 30.3 Å². The van der Waals surface area contributed by atoms with Gasteiger partial charge in [0.15, 0.2) is 17.3 Å². The van der Waals surface area contributed by atoms with Crippen molar-refractivity contribution in [2.75, 3.05) is 0 Å². The Morgan fingerprint density at radius 2 is 1.71 bits per heavy atom. The van der Waals surface area contributed by atoms with Gasteiger partial charge < -0.3 is 9.52 Å². The van der Waals surface area contributed by atoms with Gasteiger partial charge in [-0.2, -0.15) is 0 Å². The Balaban J connectivity index is 1.68. The second-order valence-electron chi connectivity index (χ2n) is 7.16. The number of hydrogen-bond acceptors (Lipinski definition) is 4. The third-order valence-corrected chi connectivity index (χ3v) is 5.10. The lowest BCUT2D eigenvalue weighted by Gasteiger charge is -2.09. The molecule has 0 radical (unpaired) electrons. The van der Waals surface area contributed by atoms with E-state index in [4.69, 9.17) is 4.42 Å². The van der Waals surface area contributed by atoms with Crippen molar-refractivity contribution in [1.29, 1.82) is 0 Å². The molecular formula is C24H17F2N3O2. The Labute approximate surface area is 176 Å². The fourth-order valence-electron chi connectivity index (χ4n) is 3.57. The van der Waals surface area contributed by atoms with Crippen molar-refractivity contribution in [3.8, 4) is 17.1 Å². The van der Waals surface area contributed by atoms with Crippen molar-refractivity contribution in [2.24, 2.45) is 0 Å². The summed E-state index contributed by atoms with van der Waals surface area (Å²) >= 11 is 0. The van der Waals surface area contributed by atoms with Gasteiger partial charge in [0.05, 0.1) is 24.1 Å². The van der Waals surface area contributed by atoms with Crippen LogP contribution >= 0.6 is 0 Å². The first-order valence-corrected chi connectivity index (χ1v) is 9.70. The highest BCUT2D eigenvalue weighted by atomic mass is 19.2. The molecule has 31 heavy (non-hydrogen) atoms. The van der Waals surface area contributed by atoms with E-state index in [1.54, 1.807) is 24.6 Å². The molecule has 0 spiro atoms. The summed E-state index contributed by atoms with van der Waals surface area (Å²) in [5.74, 6) is -1.24. The van der Waals surface area contributed by atoms with Crippen molar-refractivity contribution in [2.45, 2.75) is 12.8 Å². The van der Waals surface area contributed by atoms with Crippen LogP contribution in [0.15, 0.2) is 77.5 Å². The van der Waals surface area contributed by atoms with E-state index in [2.05, 4.69) is 9.97 Å². The third kappa shape index (κ3) is 3.54. The number of nitrogens with zero attached hydrogens (tertiary/aromatic N) is 3. The number of halogens is 2. The molecule has 0 amide bonds. The zero-order valence-corrected chi connectivity index (χ0v) is 16.3. The predicted molar refractivity (Wildman–Crippen MR) is 111 cm³/mol. The number of benzene rings is 2. The van der Waals surface area contributed by atoms with Gasteiger partial charge in [-0.05, 0) is 23.8 Å². The standard InChI is InChI=1S/C24H17F2N3O2/c25-18-10-4-8-16(22(18)26)12-19-23-28-20(13-17-9-5-11-31-17)24(30)29(23)14-21(27-19)15-6-2-1-3-7-15/h1-11,14,30H,12-13H2. The second-order valence-corrected chi connectivity index (χ2v) is 7.16. The molecule has 1 N–H and O–H groups in total. The minimum atomic E-state index is -0.919. The van der Waals surface area contributed by atoms with Crippen molar-refractivity contribution < 1.29 is 18.3 Å². The number of rotatable bonds is 5. The summed E-state index contributed by atoms with van der Waals surface area (Å²) in [5.41, 5.74) is 2.77. The lowest BCUT2D eigenvalue weighted by atomic mass is 10.1. The molecule has 3 heterocycles. The summed E-state index contributed by atoms with van der Waals surface area (Å²) in [7, 11) is 0. The molecule has 0 aliphatic carbocycles. The van der Waals surface area contributed by atoms with E-state index >= 15 is 0 Å². The van der Waals surface area contributed by atoms with E-state index in [-0.39, 0.29) is 24.3 Å². The number of imidazole rings is 1. The van der Waals surface area contributed by atoms with Gasteiger partial charge in [0.25, 0.3) is 0 Å². The fraction of sp³-hybridized carbons (Fsp3) is 0.0833. The number of aromatic hydroxyl groups is 1. The van der Waals surface area contributed by atoms with Crippen LogP contribution in [-0.4, -0.2) is 19.5 Å². The minimum absolute atomic E-state index is 0.0183. The van der Waals surface area contributed by atoms with Gasteiger partial charge in [0.1, 0.15) is 11.5 Å². The number of hydrogen-bond donors (Lipinski definition) is 1. The zero-order chi connectivity index (χ0) is 21.4. The van der Waals surface area contributed by atoms with Gasteiger partial charge in [-0.25, -0.2) is 18.7 Å². The highest BCUT2D eigenvalue weighted by Crippen LogP contribution is 2.28. The van der Waals surface area contributed by atoms with E-state index in [0.717, 1.165) is 11.6 Å². The molecule has 0 saturated heterocycles. The average molecular weight is 417 g/mol. The van der Waals surface area contributed by atoms with Crippen molar-refractivity contribution in [3.05, 3.63) is 107 Å². The SMILES string of the molecule is Oc1c(Cc2ccco2)nc2c(Cc3cccc(F)c3F)nc(-c3ccccc3)cn12. The van der Waals surface area contributed by atoms with E-state index in [1.165, 1.54) is 16.5 Å². The van der Waals surface area contributed by atoms with Crippen LogP contribution in [0.3, 0.4) is 0 Å². The molecule has 5 aromatic rings. The molecule has 0 unspecified atom stereocenters. The first-order valence-electron chi connectivity index (χ1n) is 9.70. The van der Waals surface area contributed by atoms with Crippen molar-refractivity contribution in [3.63, 3.8) is 0 Å². The van der Waals surface area contributed by atoms with Gasteiger partial charge >= 0.3 is 0 Å². The molecule has 3 aromatic heterocycles. The van der Waals surface area contributed by atoms with Crippen LogP contribution in [-0.2, 0) is 12.8 Å². The largest absolute Gasteiger partial charge is 0.493 e. The molecule has 7 heteroatoms. The predicted octanol–water partition coefficient (Wildman–Crippen LogP) is 5.15. The highest BCUT2D eigenvalue weighted by Gasteiger charge is 2.20. The van der Waals surface area contributed by atoms with Crippen LogP contribution in [0.1, 0.15) is 22.7 Å². The van der Waals surface area contributed by atoms with Gasteiger partial charge in [-0.1, -0.05) is 42.5 Å². The first-order chi connectivity index (χ1) is 15.1. The number of fused-ring (bicyclic) bond motifs is 1. The van der Waals surface area contributed by atoms with Crippen LogP contribution < -0.4 is 0 Å². The highest BCUT2D eigenvalue weighted by molar-refractivity contribution is 5.63. The molecule has 5 nitrogen and oxygen atoms in total. The topological polar surface area (TPSA) is 63.6 Å². The molecule has 0 aliphatic heterocycles. The summed E-state index contributed by atoms with van der Waals surface area (Å²) in [6.45, 7) is 0. The molecule has 2 aromatic carbocycles. The van der Waals surface area contributed by atoms with Gasteiger partial charge in [-0.3, -0.25) is 4.40 Å². The Kier molecular flexibility index (Phi) is 4.71. The van der Waals surface area contributed by atoms with E-state index in [0.29, 0.717) is 28.5 Å². The first kappa shape index (κ1) is 19.0. The Morgan fingerprint density at radius 3 is 2.48 bits per heavy atom. The van der Waals surface area contributed by atoms with Crippen molar-refractivity contribution >= 4 is 5.65 Å². The molecule has 0 bridgehead atoms. The zero-order valence-electron chi connectivity index (χ0n) is 16.3. The molecule has 0 aliphatic rings. The summed E-state index contributed by atoms with van der Waals surface area (Å²) in [5, 5.41) is 10.8. The van der Waals surface area contributed by atoms with Crippen LogP contribution in [0.25, 0.3) is 16.9 Å². The molecular weight excluding hydrogens is 400 g/mol. The Hall–Kier alpha value is -4.00. The number of furan rings is 1. The fourth-order valence-corrected chi connectivity index (χ4v) is 3.57. The quantitative estimate of drug-likeness (QED) is 0.429. The molecule has 0 atom stereocenters. The van der Waals surface area contributed by atoms with Crippen LogP contribution in [0, 0.1) is 11.6 Å². The summed E-state index contributed by atoms with van der Waals surface area (Å²) in [4.78, 5) is 9.23. The van der Waals surface area contributed by atoms with Crippen LogP contribution in [0.5, 0.6) is 5.88 Å². The summed E-state index contributed by atoms with van der Waals surface area (Å²) < 4.78 is 35.0. The Morgan fingerprint density at radius 1 is 0.871 bits per heavy atom. The molecule has 0 fully saturated rings. The maximum atomic E-state index is 14.4. The van der Waals surface area contributed by atoms with Crippen LogP contribution in [0.4, 0.5) is 8.78 Å². The van der Waals surface area contributed by atoms with Gasteiger partial charge in [-0.15, -0.1) is 0 Å². The van der Waals surface area contributed by atoms with Gasteiger partial charge in [0, 0.05) is 18.2 Å². The summed E-state index contributed by atoms with van der Waals surface area (Å²) in [6.07, 6.45) is 3.54. The maximum absolute atomic E-state index is 14.4. The normalized spacial score (nSPS) is 11.3. The number of aromatic nitrogens is 3. The maximum Gasteiger partial charge on any atom is 0.219 e. The molecule has 154 valence electrons. The molecule has 0 saturated carbocycles. The lowest BCUT2D eigenvalue weighted by Crippen LogP contribution is -2.03. The summed E-state index contributed by atoms with van der Waals surface area (Å²) in [6, 6.07) is 17.0. The second kappa shape index (κ2) is 7.68. The lowest BCUT2D eigenvalue weighted by molar-refractivity contribution is 0.438. The van der Waals surface area contributed by atoms with E-state index in [9.17, 15) is 13.9 Å².